The summed E-state index contributed by atoms with van der Waals surface area (Å²) in [7, 11) is 0. The third-order valence-corrected chi connectivity index (χ3v) is 3.58. The number of carbonyl (C=O) groups is 2. The normalized spacial score (nSPS) is 24.1. The van der Waals surface area contributed by atoms with Gasteiger partial charge >= 0.3 is 0 Å². The van der Waals surface area contributed by atoms with Crippen molar-refractivity contribution in [2.24, 2.45) is 5.41 Å². The number of hydrogen-bond acceptors (Lipinski definition) is 3. The van der Waals surface area contributed by atoms with E-state index in [0.717, 1.165) is 13.1 Å². The molecule has 1 aliphatic heterocycles. The van der Waals surface area contributed by atoms with Crippen molar-refractivity contribution in [3.8, 4) is 0 Å². The van der Waals surface area contributed by atoms with Crippen LogP contribution in [0.25, 0.3) is 0 Å². The summed E-state index contributed by atoms with van der Waals surface area (Å²) in [6.07, 6.45) is 8.93. The molecule has 2 aliphatic rings. The van der Waals surface area contributed by atoms with Gasteiger partial charge in [0.2, 0.25) is 0 Å². The molecule has 1 aliphatic carbocycles. The Bertz CT molecular complexity index is 390. The SMILES string of the molecule is CC1(C)CC(=O)C(=C/C=C/N2CCCC2)C(=O)C1. The van der Waals surface area contributed by atoms with Crippen LogP contribution in [0.2, 0.25) is 0 Å². The molecule has 1 heterocycles. The molecule has 1 saturated heterocycles. The Morgan fingerprint density at radius 2 is 1.61 bits per heavy atom. The number of rotatable bonds is 2. The van der Waals surface area contributed by atoms with Gasteiger partial charge in [0, 0.05) is 25.9 Å². The Balaban J connectivity index is 2.03. The van der Waals surface area contributed by atoms with Gasteiger partial charge in [-0.15, -0.1) is 0 Å². The molecule has 2 rings (SSSR count). The lowest BCUT2D eigenvalue weighted by atomic mass is 9.74. The average Bonchev–Trinajstić information content (AvgIpc) is 2.73. The van der Waals surface area contributed by atoms with E-state index in [1.807, 2.05) is 26.1 Å². The summed E-state index contributed by atoms with van der Waals surface area (Å²) in [5.74, 6) is -0.0235. The number of carbonyl (C=O) groups excluding carboxylic acids is 2. The van der Waals surface area contributed by atoms with E-state index in [0.29, 0.717) is 18.4 Å². The van der Waals surface area contributed by atoms with Crippen molar-refractivity contribution < 1.29 is 9.59 Å². The van der Waals surface area contributed by atoms with Crippen LogP contribution in [0.3, 0.4) is 0 Å². The molecular weight excluding hydrogens is 226 g/mol. The van der Waals surface area contributed by atoms with Crippen LogP contribution in [0.4, 0.5) is 0 Å². The maximum Gasteiger partial charge on any atom is 0.166 e. The highest BCUT2D eigenvalue weighted by molar-refractivity contribution is 6.22. The number of ketones is 2. The monoisotopic (exact) mass is 247 g/mol. The van der Waals surface area contributed by atoms with Gasteiger partial charge in [-0.05, 0) is 36.6 Å². The highest BCUT2D eigenvalue weighted by Gasteiger charge is 2.35. The lowest BCUT2D eigenvalue weighted by Gasteiger charge is -2.28. The van der Waals surface area contributed by atoms with Crippen LogP contribution < -0.4 is 0 Å². The number of likely N-dealkylation sites (tertiary alicyclic amines) is 1. The molecule has 0 amide bonds. The molecule has 18 heavy (non-hydrogen) atoms. The first-order valence-electron chi connectivity index (χ1n) is 6.67. The van der Waals surface area contributed by atoms with Gasteiger partial charge in [-0.1, -0.05) is 13.8 Å². The van der Waals surface area contributed by atoms with Gasteiger partial charge < -0.3 is 4.90 Å². The van der Waals surface area contributed by atoms with Crippen LogP contribution in [-0.4, -0.2) is 29.6 Å². The van der Waals surface area contributed by atoms with Crippen LogP contribution >= 0.6 is 0 Å². The highest BCUT2D eigenvalue weighted by Crippen LogP contribution is 2.33. The van der Waals surface area contributed by atoms with E-state index in [1.54, 1.807) is 6.08 Å². The van der Waals surface area contributed by atoms with Crippen molar-refractivity contribution in [2.75, 3.05) is 13.1 Å². The lowest BCUT2D eigenvalue weighted by molar-refractivity contribution is -0.127. The molecule has 0 radical (unpaired) electrons. The summed E-state index contributed by atoms with van der Waals surface area (Å²) >= 11 is 0. The van der Waals surface area contributed by atoms with Gasteiger partial charge in [-0.2, -0.15) is 0 Å². The Hall–Kier alpha value is -1.38. The smallest absolute Gasteiger partial charge is 0.166 e. The number of Topliss-reactive ketones (excluding diaryl/α,β-unsaturated/α-hetero) is 2. The number of allylic oxidation sites excluding steroid dienone is 3. The van der Waals surface area contributed by atoms with Crippen LogP contribution in [-0.2, 0) is 9.59 Å². The molecule has 0 N–H and O–H groups in total. The maximum atomic E-state index is 11.9. The van der Waals surface area contributed by atoms with E-state index >= 15 is 0 Å². The van der Waals surface area contributed by atoms with E-state index in [-0.39, 0.29) is 17.0 Å². The van der Waals surface area contributed by atoms with Crippen molar-refractivity contribution in [3.63, 3.8) is 0 Å². The van der Waals surface area contributed by atoms with Crippen LogP contribution in [0.15, 0.2) is 23.9 Å². The molecule has 3 nitrogen and oxygen atoms in total. The molecule has 3 heteroatoms. The number of nitrogens with zero attached hydrogens (tertiary/aromatic N) is 1. The minimum absolute atomic E-state index is 0.0117. The second-order valence-electron chi connectivity index (χ2n) is 6.03. The minimum Gasteiger partial charge on any atom is -0.377 e. The Kier molecular flexibility index (Phi) is 3.69. The quantitative estimate of drug-likeness (QED) is 0.555. The van der Waals surface area contributed by atoms with Crippen molar-refractivity contribution in [1.29, 1.82) is 0 Å². The molecule has 98 valence electrons. The van der Waals surface area contributed by atoms with Crippen LogP contribution in [0.1, 0.15) is 39.5 Å². The fourth-order valence-electron chi connectivity index (χ4n) is 2.62. The predicted octanol–water partition coefficient (Wildman–Crippen LogP) is 2.48. The fraction of sp³-hybridized carbons (Fsp3) is 0.600. The third-order valence-electron chi connectivity index (χ3n) is 3.58. The third kappa shape index (κ3) is 3.09. The summed E-state index contributed by atoms with van der Waals surface area (Å²) in [4.78, 5) is 26.0. The van der Waals surface area contributed by atoms with Gasteiger partial charge in [-0.3, -0.25) is 9.59 Å². The first-order valence-corrected chi connectivity index (χ1v) is 6.67. The zero-order chi connectivity index (χ0) is 13.2. The van der Waals surface area contributed by atoms with Gasteiger partial charge in [0.05, 0.1) is 5.57 Å². The van der Waals surface area contributed by atoms with Crippen molar-refractivity contribution >= 4 is 11.6 Å². The van der Waals surface area contributed by atoms with E-state index in [4.69, 9.17) is 0 Å². The van der Waals surface area contributed by atoms with Gasteiger partial charge in [0.25, 0.3) is 0 Å². The summed E-state index contributed by atoms with van der Waals surface area (Å²) < 4.78 is 0. The van der Waals surface area contributed by atoms with E-state index in [2.05, 4.69) is 4.90 Å². The lowest BCUT2D eigenvalue weighted by Crippen LogP contribution is -2.31. The van der Waals surface area contributed by atoms with Crippen molar-refractivity contribution in [1.82, 2.24) is 4.90 Å². The molecule has 0 spiro atoms. The topological polar surface area (TPSA) is 37.4 Å². The second kappa shape index (κ2) is 5.09. The molecule has 0 bridgehead atoms. The molecule has 1 saturated carbocycles. The Labute approximate surface area is 109 Å². The Morgan fingerprint density at radius 3 is 2.17 bits per heavy atom. The number of hydrogen-bond donors (Lipinski definition) is 0. The van der Waals surface area contributed by atoms with Crippen LogP contribution in [0, 0.1) is 5.41 Å². The van der Waals surface area contributed by atoms with E-state index < -0.39 is 0 Å². The average molecular weight is 247 g/mol. The standard InChI is InChI=1S/C15H21NO2/c1-15(2)10-13(17)12(14(18)11-15)6-5-9-16-7-3-4-8-16/h5-6,9H,3-4,7-8,10-11H2,1-2H3/b9-5+. The Morgan fingerprint density at radius 1 is 1.06 bits per heavy atom. The molecule has 0 aromatic rings. The molecule has 0 atom stereocenters. The minimum atomic E-state index is -0.176. The summed E-state index contributed by atoms with van der Waals surface area (Å²) in [5.41, 5.74) is 0.203. The maximum absolute atomic E-state index is 11.9. The summed E-state index contributed by atoms with van der Waals surface area (Å²) in [6, 6.07) is 0. The second-order valence-corrected chi connectivity index (χ2v) is 6.03. The van der Waals surface area contributed by atoms with E-state index in [1.165, 1.54) is 12.8 Å². The fourth-order valence-corrected chi connectivity index (χ4v) is 2.62. The van der Waals surface area contributed by atoms with Crippen molar-refractivity contribution in [2.45, 2.75) is 39.5 Å². The van der Waals surface area contributed by atoms with Crippen LogP contribution in [0.5, 0.6) is 0 Å². The van der Waals surface area contributed by atoms with Crippen molar-refractivity contribution in [3.05, 3.63) is 23.9 Å². The van der Waals surface area contributed by atoms with E-state index in [9.17, 15) is 9.59 Å². The first-order chi connectivity index (χ1) is 8.48. The molecule has 0 unspecified atom stereocenters. The molecular formula is C15H21NO2. The van der Waals surface area contributed by atoms with Gasteiger partial charge in [0.1, 0.15) is 0 Å². The van der Waals surface area contributed by atoms with Gasteiger partial charge in [-0.25, -0.2) is 0 Å². The molecule has 2 fully saturated rings. The highest BCUT2D eigenvalue weighted by atomic mass is 16.1. The first kappa shape index (κ1) is 13.1. The predicted molar refractivity (Wildman–Crippen MR) is 71.1 cm³/mol. The summed E-state index contributed by atoms with van der Waals surface area (Å²) in [5, 5.41) is 0. The molecule has 0 aromatic heterocycles. The zero-order valence-corrected chi connectivity index (χ0v) is 11.2. The largest absolute Gasteiger partial charge is 0.377 e. The van der Waals surface area contributed by atoms with Gasteiger partial charge in [0.15, 0.2) is 11.6 Å². The molecule has 0 aromatic carbocycles. The zero-order valence-electron chi connectivity index (χ0n) is 11.2. The summed E-state index contributed by atoms with van der Waals surface area (Å²) in [6.45, 7) is 6.10.